The SMILES string of the molecule is Cc1ccc(C)c(NC(=O)[C@H](c2ccccc2)[NH+]2CC[NH+](C[C@@H]3CCCO3)CC2)c1. The number of carbonyl (C=O) groups is 1. The van der Waals surface area contributed by atoms with Crippen molar-refractivity contribution < 1.29 is 19.3 Å². The normalized spacial score (nSPS) is 25.1. The van der Waals surface area contributed by atoms with Crippen molar-refractivity contribution in [1.29, 1.82) is 0 Å². The zero-order valence-electron chi connectivity index (χ0n) is 18.2. The summed E-state index contributed by atoms with van der Waals surface area (Å²) >= 11 is 0. The molecule has 0 saturated carbocycles. The minimum Gasteiger partial charge on any atom is -0.372 e. The summed E-state index contributed by atoms with van der Waals surface area (Å²) in [4.78, 5) is 16.5. The molecule has 0 aromatic heterocycles. The monoisotopic (exact) mass is 409 g/mol. The number of benzene rings is 2. The lowest BCUT2D eigenvalue weighted by atomic mass is 10.0. The highest BCUT2D eigenvalue weighted by Gasteiger charge is 2.36. The van der Waals surface area contributed by atoms with E-state index < -0.39 is 0 Å². The average molecular weight is 410 g/mol. The van der Waals surface area contributed by atoms with Crippen LogP contribution in [0.5, 0.6) is 0 Å². The molecule has 5 nitrogen and oxygen atoms in total. The smallest absolute Gasteiger partial charge is 0.287 e. The molecular weight excluding hydrogens is 374 g/mol. The summed E-state index contributed by atoms with van der Waals surface area (Å²) in [5.74, 6) is 0.0903. The first-order valence-corrected chi connectivity index (χ1v) is 11.3. The molecule has 2 aliphatic heterocycles. The summed E-state index contributed by atoms with van der Waals surface area (Å²) in [6.45, 7) is 10.3. The maximum Gasteiger partial charge on any atom is 0.287 e. The van der Waals surface area contributed by atoms with Crippen LogP contribution < -0.4 is 15.1 Å². The van der Waals surface area contributed by atoms with Crippen molar-refractivity contribution in [1.82, 2.24) is 0 Å². The quantitative estimate of drug-likeness (QED) is 0.665. The molecule has 30 heavy (non-hydrogen) atoms. The molecule has 2 atom stereocenters. The molecule has 0 bridgehead atoms. The first-order chi connectivity index (χ1) is 14.6. The molecule has 1 amide bonds. The molecule has 3 N–H and O–H groups in total. The fourth-order valence-corrected chi connectivity index (χ4v) is 4.84. The van der Waals surface area contributed by atoms with E-state index in [2.05, 4.69) is 42.6 Å². The Labute approximate surface area is 180 Å². The van der Waals surface area contributed by atoms with Crippen molar-refractivity contribution in [3.8, 4) is 0 Å². The Morgan fingerprint density at radius 1 is 1.10 bits per heavy atom. The highest BCUT2D eigenvalue weighted by Crippen LogP contribution is 2.19. The van der Waals surface area contributed by atoms with Crippen LogP contribution in [0.1, 0.15) is 35.6 Å². The zero-order valence-corrected chi connectivity index (χ0v) is 18.2. The van der Waals surface area contributed by atoms with E-state index in [0.717, 1.165) is 61.7 Å². The fraction of sp³-hybridized carbons (Fsp3) is 0.480. The fourth-order valence-electron chi connectivity index (χ4n) is 4.84. The van der Waals surface area contributed by atoms with Crippen molar-refractivity contribution in [2.75, 3.05) is 44.6 Å². The summed E-state index contributed by atoms with van der Waals surface area (Å²) in [5, 5.41) is 3.23. The average Bonchev–Trinajstić information content (AvgIpc) is 3.26. The van der Waals surface area contributed by atoms with Gasteiger partial charge in [-0.2, -0.15) is 0 Å². The summed E-state index contributed by atoms with van der Waals surface area (Å²) in [7, 11) is 0. The van der Waals surface area contributed by atoms with Gasteiger partial charge in [-0.1, -0.05) is 42.5 Å². The van der Waals surface area contributed by atoms with Crippen LogP contribution in [0.3, 0.4) is 0 Å². The number of amides is 1. The number of aryl methyl sites for hydroxylation is 2. The number of piperazine rings is 1. The second-order valence-electron chi connectivity index (χ2n) is 8.90. The molecule has 0 aliphatic carbocycles. The molecule has 0 unspecified atom stereocenters. The number of ether oxygens (including phenoxy) is 1. The maximum atomic E-state index is 13.5. The van der Waals surface area contributed by atoms with Gasteiger partial charge in [0.1, 0.15) is 38.8 Å². The minimum absolute atomic E-state index is 0.0903. The highest BCUT2D eigenvalue weighted by atomic mass is 16.5. The van der Waals surface area contributed by atoms with Crippen LogP contribution in [-0.4, -0.2) is 51.3 Å². The summed E-state index contributed by atoms with van der Waals surface area (Å²) in [6.07, 6.45) is 2.83. The lowest BCUT2D eigenvalue weighted by molar-refractivity contribution is -1.02. The minimum atomic E-state index is -0.185. The van der Waals surface area contributed by atoms with Gasteiger partial charge in [0.2, 0.25) is 0 Å². The zero-order chi connectivity index (χ0) is 20.9. The molecule has 5 heteroatoms. The predicted molar refractivity (Wildman–Crippen MR) is 119 cm³/mol. The van der Waals surface area contributed by atoms with Crippen LogP contribution >= 0.6 is 0 Å². The third-order valence-electron chi connectivity index (χ3n) is 6.59. The Morgan fingerprint density at radius 3 is 2.57 bits per heavy atom. The van der Waals surface area contributed by atoms with E-state index in [-0.39, 0.29) is 11.9 Å². The predicted octanol–water partition coefficient (Wildman–Crippen LogP) is 0.946. The number of hydrogen-bond acceptors (Lipinski definition) is 2. The van der Waals surface area contributed by atoms with Crippen LogP contribution in [0.25, 0.3) is 0 Å². The number of rotatable bonds is 6. The highest BCUT2D eigenvalue weighted by molar-refractivity contribution is 5.95. The lowest BCUT2D eigenvalue weighted by Crippen LogP contribution is -3.28. The first-order valence-electron chi connectivity index (χ1n) is 11.3. The van der Waals surface area contributed by atoms with Gasteiger partial charge in [-0.25, -0.2) is 0 Å². The Balaban J connectivity index is 1.46. The van der Waals surface area contributed by atoms with Gasteiger partial charge in [0.05, 0.1) is 0 Å². The lowest BCUT2D eigenvalue weighted by Gasteiger charge is -2.34. The third kappa shape index (κ3) is 5.09. The van der Waals surface area contributed by atoms with E-state index in [1.807, 2.05) is 25.1 Å². The van der Waals surface area contributed by atoms with Crippen molar-refractivity contribution >= 4 is 11.6 Å². The second kappa shape index (κ2) is 9.73. The third-order valence-corrected chi connectivity index (χ3v) is 6.59. The van der Waals surface area contributed by atoms with E-state index in [0.29, 0.717) is 6.10 Å². The van der Waals surface area contributed by atoms with Gasteiger partial charge in [0.25, 0.3) is 5.91 Å². The molecular formula is C25H35N3O2+2. The van der Waals surface area contributed by atoms with Crippen molar-refractivity contribution in [3.05, 3.63) is 65.2 Å². The summed E-state index contributed by atoms with van der Waals surface area (Å²) in [5.41, 5.74) is 4.27. The summed E-state index contributed by atoms with van der Waals surface area (Å²) < 4.78 is 5.83. The molecule has 0 radical (unpaired) electrons. The van der Waals surface area contributed by atoms with Gasteiger partial charge in [-0.05, 0) is 43.9 Å². The molecule has 2 aliphatic rings. The van der Waals surface area contributed by atoms with Gasteiger partial charge in [-0.3, -0.25) is 4.79 Å². The molecule has 160 valence electrons. The van der Waals surface area contributed by atoms with E-state index in [1.165, 1.54) is 17.7 Å². The van der Waals surface area contributed by atoms with Gasteiger partial charge in [0, 0.05) is 17.9 Å². The molecule has 2 saturated heterocycles. The molecule has 2 aromatic carbocycles. The number of hydrogen-bond donors (Lipinski definition) is 3. The van der Waals surface area contributed by atoms with Crippen LogP contribution in [0, 0.1) is 13.8 Å². The largest absolute Gasteiger partial charge is 0.372 e. The number of anilines is 1. The van der Waals surface area contributed by atoms with Crippen molar-refractivity contribution in [2.24, 2.45) is 0 Å². The molecule has 2 fully saturated rings. The number of nitrogens with one attached hydrogen (secondary N) is 3. The van der Waals surface area contributed by atoms with E-state index in [1.54, 1.807) is 4.90 Å². The Morgan fingerprint density at radius 2 is 1.87 bits per heavy atom. The topological polar surface area (TPSA) is 47.2 Å². The van der Waals surface area contributed by atoms with E-state index in [9.17, 15) is 4.79 Å². The molecule has 2 aromatic rings. The van der Waals surface area contributed by atoms with Crippen LogP contribution in [0.2, 0.25) is 0 Å². The number of quaternary nitrogens is 2. The molecule has 4 rings (SSSR count). The molecule has 0 spiro atoms. The second-order valence-corrected chi connectivity index (χ2v) is 8.90. The summed E-state index contributed by atoms with van der Waals surface area (Å²) in [6, 6.07) is 16.3. The van der Waals surface area contributed by atoms with Gasteiger partial charge < -0.3 is 19.9 Å². The first kappa shape index (κ1) is 21.0. The maximum absolute atomic E-state index is 13.5. The number of carbonyl (C=O) groups excluding carboxylic acids is 1. The van der Waals surface area contributed by atoms with E-state index in [4.69, 9.17) is 4.74 Å². The Hall–Kier alpha value is -2.21. The van der Waals surface area contributed by atoms with Crippen LogP contribution in [0.4, 0.5) is 5.69 Å². The van der Waals surface area contributed by atoms with Gasteiger partial charge >= 0.3 is 0 Å². The molecule has 2 heterocycles. The standard InChI is InChI=1S/C25H33N3O2/c1-19-10-11-20(2)23(17-19)26-25(29)24(21-7-4-3-5-8-21)28-14-12-27(13-15-28)18-22-9-6-16-30-22/h3-5,7-8,10-11,17,22,24H,6,9,12-16,18H2,1-2H3,(H,26,29)/p+2/t22-,24-/m0/s1. The van der Waals surface area contributed by atoms with Crippen LogP contribution in [-0.2, 0) is 9.53 Å². The van der Waals surface area contributed by atoms with Gasteiger partial charge in [-0.15, -0.1) is 0 Å². The Bertz CT molecular complexity index is 841. The van der Waals surface area contributed by atoms with Crippen molar-refractivity contribution in [3.63, 3.8) is 0 Å². The van der Waals surface area contributed by atoms with Gasteiger partial charge in [0.15, 0.2) is 6.04 Å². The Kier molecular flexibility index (Phi) is 6.82. The van der Waals surface area contributed by atoms with E-state index >= 15 is 0 Å². The van der Waals surface area contributed by atoms with Crippen molar-refractivity contribution in [2.45, 2.75) is 38.8 Å². The van der Waals surface area contributed by atoms with Crippen LogP contribution in [0.15, 0.2) is 48.5 Å².